The lowest BCUT2D eigenvalue weighted by molar-refractivity contribution is -0.121. The second-order valence-electron chi connectivity index (χ2n) is 5.27. The second kappa shape index (κ2) is 8.49. The van der Waals surface area contributed by atoms with Crippen molar-refractivity contribution in [1.82, 2.24) is 5.43 Å². The van der Waals surface area contributed by atoms with Crippen molar-refractivity contribution in [3.8, 4) is 5.75 Å². The highest BCUT2D eigenvalue weighted by atomic mass is 79.9. The molecule has 0 unspecified atom stereocenters. The van der Waals surface area contributed by atoms with E-state index < -0.39 is 6.04 Å². The van der Waals surface area contributed by atoms with Crippen LogP contribution in [0.4, 0.5) is 5.69 Å². The number of amides is 1. The van der Waals surface area contributed by atoms with E-state index in [4.69, 9.17) is 4.74 Å². The van der Waals surface area contributed by atoms with Crippen LogP contribution in [-0.2, 0) is 4.79 Å². The van der Waals surface area contributed by atoms with Gasteiger partial charge >= 0.3 is 0 Å². The third-order valence-corrected chi connectivity index (χ3v) is 3.99. The quantitative estimate of drug-likeness (QED) is 0.583. The van der Waals surface area contributed by atoms with Gasteiger partial charge in [0.1, 0.15) is 11.8 Å². The van der Waals surface area contributed by atoms with Crippen LogP contribution >= 0.6 is 15.9 Å². The van der Waals surface area contributed by atoms with Gasteiger partial charge in [-0.2, -0.15) is 5.10 Å². The number of nitrogens with zero attached hydrogens (tertiary/aromatic N) is 1. The van der Waals surface area contributed by atoms with Crippen molar-refractivity contribution < 1.29 is 9.53 Å². The van der Waals surface area contributed by atoms with E-state index in [2.05, 4.69) is 31.8 Å². The molecular weight excluding hydrogens is 370 g/mol. The molecule has 126 valence electrons. The highest BCUT2D eigenvalue weighted by Gasteiger charge is 2.12. The number of rotatable bonds is 6. The number of halogens is 1. The van der Waals surface area contributed by atoms with Gasteiger partial charge in [0.15, 0.2) is 0 Å². The van der Waals surface area contributed by atoms with E-state index in [9.17, 15) is 4.79 Å². The zero-order valence-corrected chi connectivity index (χ0v) is 15.4. The lowest BCUT2D eigenvalue weighted by Crippen LogP contribution is -2.35. The average molecular weight is 390 g/mol. The van der Waals surface area contributed by atoms with Crippen molar-refractivity contribution in [2.45, 2.75) is 19.9 Å². The topological polar surface area (TPSA) is 62.7 Å². The first-order valence-electron chi connectivity index (χ1n) is 7.50. The van der Waals surface area contributed by atoms with E-state index in [0.29, 0.717) is 0 Å². The summed E-state index contributed by atoms with van der Waals surface area (Å²) in [4.78, 5) is 12.1. The van der Waals surface area contributed by atoms with E-state index >= 15 is 0 Å². The van der Waals surface area contributed by atoms with E-state index in [1.54, 1.807) is 14.0 Å². The molecule has 2 aromatic carbocycles. The SMILES string of the molecule is COc1ccc(N[C@H](C)C(=O)NN=C(C)c2ccc(Br)cc2)cc1. The maximum atomic E-state index is 12.1. The lowest BCUT2D eigenvalue weighted by Gasteiger charge is -2.14. The van der Waals surface area contributed by atoms with Crippen LogP contribution in [-0.4, -0.2) is 24.8 Å². The molecule has 1 atom stereocenters. The summed E-state index contributed by atoms with van der Waals surface area (Å²) in [6, 6.07) is 14.7. The first-order valence-corrected chi connectivity index (χ1v) is 8.29. The molecule has 24 heavy (non-hydrogen) atoms. The minimum Gasteiger partial charge on any atom is -0.497 e. The molecule has 0 spiro atoms. The summed E-state index contributed by atoms with van der Waals surface area (Å²) in [5.74, 6) is 0.564. The van der Waals surface area contributed by atoms with Crippen LogP contribution in [0.15, 0.2) is 58.1 Å². The van der Waals surface area contributed by atoms with Crippen LogP contribution in [0.2, 0.25) is 0 Å². The number of methoxy groups -OCH3 is 1. The van der Waals surface area contributed by atoms with Gasteiger partial charge in [-0.1, -0.05) is 28.1 Å². The summed E-state index contributed by atoms with van der Waals surface area (Å²) in [7, 11) is 1.62. The Labute approximate surface area is 150 Å². The molecule has 0 aliphatic carbocycles. The molecule has 0 saturated heterocycles. The summed E-state index contributed by atoms with van der Waals surface area (Å²) in [5.41, 5.74) is 5.12. The Kier molecular flexibility index (Phi) is 6.37. The Morgan fingerprint density at radius 3 is 2.33 bits per heavy atom. The summed E-state index contributed by atoms with van der Waals surface area (Å²) in [6.07, 6.45) is 0. The van der Waals surface area contributed by atoms with Gasteiger partial charge in [0.2, 0.25) is 0 Å². The number of anilines is 1. The minimum atomic E-state index is -0.417. The van der Waals surface area contributed by atoms with Crippen molar-refractivity contribution in [3.05, 3.63) is 58.6 Å². The first kappa shape index (κ1) is 18.0. The fourth-order valence-electron chi connectivity index (χ4n) is 1.99. The normalized spacial score (nSPS) is 12.4. The highest BCUT2D eigenvalue weighted by molar-refractivity contribution is 9.10. The Hall–Kier alpha value is -2.34. The number of carbonyl (C=O) groups excluding carboxylic acids is 1. The third kappa shape index (κ3) is 5.09. The van der Waals surface area contributed by atoms with Crippen molar-refractivity contribution >= 4 is 33.2 Å². The van der Waals surface area contributed by atoms with Gasteiger partial charge in [0.05, 0.1) is 12.8 Å². The molecule has 2 aromatic rings. The predicted octanol–water partition coefficient (Wildman–Crippen LogP) is 3.80. The summed E-state index contributed by atoms with van der Waals surface area (Å²) in [6.45, 7) is 3.63. The first-order chi connectivity index (χ1) is 11.5. The second-order valence-corrected chi connectivity index (χ2v) is 6.19. The Bertz CT molecular complexity index is 712. The molecule has 2 N–H and O–H groups in total. The molecule has 0 saturated carbocycles. The van der Waals surface area contributed by atoms with Gasteiger partial charge in [0, 0.05) is 10.2 Å². The predicted molar refractivity (Wildman–Crippen MR) is 101 cm³/mol. The number of carbonyl (C=O) groups is 1. The van der Waals surface area contributed by atoms with E-state index in [-0.39, 0.29) is 5.91 Å². The minimum absolute atomic E-state index is 0.206. The Balaban J connectivity index is 1.92. The molecule has 0 heterocycles. The highest BCUT2D eigenvalue weighted by Crippen LogP contribution is 2.15. The maximum Gasteiger partial charge on any atom is 0.262 e. The molecule has 0 bridgehead atoms. The van der Waals surface area contributed by atoms with Crippen LogP contribution in [0.1, 0.15) is 19.4 Å². The number of nitrogens with one attached hydrogen (secondary N) is 2. The standard InChI is InChI=1S/C18H20BrN3O2/c1-12(14-4-6-15(19)7-5-14)21-22-18(23)13(2)20-16-8-10-17(24-3)11-9-16/h4-11,13,20H,1-3H3,(H,22,23)/t13-/m1/s1. The number of hydrogen-bond donors (Lipinski definition) is 2. The van der Waals surface area contributed by atoms with E-state index in [1.807, 2.05) is 55.5 Å². The molecule has 0 fully saturated rings. The zero-order chi connectivity index (χ0) is 17.5. The van der Waals surface area contributed by atoms with Gasteiger partial charge < -0.3 is 10.1 Å². The van der Waals surface area contributed by atoms with Crippen molar-refractivity contribution in [1.29, 1.82) is 0 Å². The molecule has 0 aliphatic rings. The fourth-order valence-corrected chi connectivity index (χ4v) is 2.26. The number of hydrogen-bond acceptors (Lipinski definition) is 4. The van der Waals surface area contributed by atoms with Crippen LogP contribution in [0.25, 0.3) is 0 Å². The van der Waals surface area contributed by atoms with Crippen LogP contribution in [0.5, 0.6) is 5.75 Å². The molecule has 0 radical (unpaired) electrons. The van der Waals surface area contributed by atoms with Crippen LogP contribution in [0, 0.1) is 0 Å². The summed E-state index contributed by atoms with van der Waals surface area (Å²) in [5, 5.41) is 7.28. The van der Waals surface area contributed by atoms with E-state index in [1.165, 1.54) is 0 Å². The summed E-state index contributed by atoms with van der Waals surface area (Å²) >= 11 is 3.39. The number of ether oxygens (including phenoxy) is 1. The molecule has 0 aromatic heterocycles. The smallest absolute Gasteiger partial charge is 0.262 e. The van der Waals surface area contributed by atoms with Crippen molar-refractivity contribution in [2.75, 3.05) is 12.4 Å². The molecule has 5 nitrogen and oxygen atoms in total. The molecule has 2 rings (SSSR count). The van der Waals surface area contributed by atoms with Crippen LogP contribution < -0.4 is 15.5 Å². The summed E-state index contributed by atoms with van der Waals surface area (Å²) < 4.78 is 6.11. The zero-order valence-electron chi connectivity index (χ0n) is 13.8. The monoisotopic (exact) mass is 389 g/mol. The van der Waals surface area contributed by atoms with Gasteiger partial charge in [-0.05, 0) is 55.8 Å². The lowest BCUT2D eigenvalue weighted by atomic mass is 10.1. The van der Waals surface area contributed by atoms with E-state index in [0.717, 1.165) is 27.2 Å². The molecular formula is C18H20BrN3O2. The fraction of sp³-hybridized carbons (Fsp3) is 0.222. The average Bonchev–Trinajstić information content (AvgIpc) is 2.60. The molecule has 1 amide bonds. The third-order valence-electron chi connectivity index (χ3n) is 3.46. The van der Waals surface area contributed by atoms with Gasteiger partial charge in [-0.15, -0.1) is 0 Å². The van der Waals surface area contributed by atoms with Crippen molar-refractivity contribution in [3.63, 3.8) is 0 Å². The molecule has 6 heteroatoms. The van der Waals surface area contributed by atoms with Gasteiger partial charge in [0.25, 0.3) is 5.91 Å². The van der Waals surface area contributed by atoms with Crippen LogP contribution in [0.3, 0.4) is 0 Å². The van der Waals surface area contributed by atoms with Gasteiger partial charge in [-0.3, -0.25) is 4.79 Å². The maximum absolute atomic E-state index is 12.1. The number of benzene rings is 2. The molecule has 0 aliphatic heterocycles. The largest absolute Gasteiger partial charge is 0.497 e. The Morgan fingerprint density at radius 1 is 1.12 bits per heavy atom. The van der Waals surface area contributed by atoms with Gasteiger partial charge in [-0.25, -0.2) is 5.43 Å². The Morgan fingerprint density at radius 2 is 1.75 bits per heavy atom. The van der Waals surface area contributed by atoms with Crippen molar-refractivity contribution in [2.24, 2.45) is 5.10 Å². The number of hydrazone groups is 1.